The number of carbonyl (C=O) groups excluding carboxylic acids is 1. The third-order valence-electron chi connectivity index (χ3n) is 2.76. The fraction of sp³-hybridized carbons (Fsp3) is 0.500. The summed E-state index contributed by atoms with van der Waals surface area (Å²) in [4.78, 5) is 16.0. The number of anilines is 1. The zero-order valence-electron chi connectivity index (χ0n) is 10.2. The lowest BCUT2D eigenvalue weighted by atomic mass is 10.0. The molecule has 4 nitrogen and oxygen atoms in total. The highest BCUT2D eigenvalue weighted by atomic mass is 16.5. The van der Waals surface area contributed by atoms with Gasteiger partial charge in [-0.05, 0) is 31.9 Å². The van der Waals surface area contributed by atoms with Gasteiger partial charge in [0, 0.05) is 13.3 Å². The first kappa shape index (κ1) is 12.6. The number of amides is 1. The molecule has 0 radical (unpaired) electrons. The van der Waals surface area contributed by atoms with Crippen molar-refractivity contribution in [2.45, 2.75) is 32.8 Å². The van der Waals surface area contributed by atoms with E-state index >= 15 is 0 Å². The molecule has 0 aliphatic carbocycles. The van der Waals surface area contributed by atoms with Crippen molar-refractivity contribution in [3.63, 3.8) is 0 Å². The molecule has 1 heterocycles. The van der Waals surface area contributed by atoms with Gasteiger partial charge >= 0.3 is 0 Å². The minimum atomic E-state index is -0.799. The Morgan fingerprint density at radius 3 is 2.69 bits per heavy atom. The number of pyridine rings is 1. The normalized spacial score (nSPS) is 14.2. The van der Waals surface area contributed by atoms with Gasteiger partial charge < -0.3 is 10.1 Å². The molecule has 16 heavy (non-hydrogen) atoms. The van der Waals surface area contributed by atoms with E-state index in [0.29, 0.717) is 12.2 Å². The maximum absolute atomic E-state index is 11.9. The zero-order valence-corrected chi connectivity index (χ0v) is 10.2. The molecule has 0 spiro atoms. The first-order valence-corrected chi connectivity index (χ1v) is 5.31. The fourth-order valence-corrected chi connectivity index (χ4v) is 1.19. The van der Waals surface area contributed by atoms with Crippen LogP contribution < -0.4 is 5.32 Å². The van der Waals surface area contributed by atoms with E-state index in [0.717, 1.165) is 5.56 Å². The molecule has 1 amide bonds. The van der Waals surface area contributed by atoms with E-state index in [4.69, 9.17) is 4.74 Å². The number of aromatic nitrogens is 1. The Kier molecular flexibility index (Phi) is 4.01. The summed E-state index contributed by atoms with van der Waals surface area (Å²) in [7, 11) is 1.53. The first-order chi connectivity index (χ1) is 7.51. The number of aryl methyl sites for hydroxylation is 1. The number of carbonyl (C=O) groups is 1. The van der Waals surface area contributed by atoms with Crippen LogP contribution >= 0.6 is 0 Å². The molecular formula is C12H18N2O2. The average molecular weight is 222 g/mol. The Bertz CT molecular complexity index is 356. The smallest absolute Gasteiger partial charge is 0.257 e. The molecule has 1 N–H and O–H groups in total. The van der Waals surface area contributed by atoms with E-state index in [1.807, 2.05) is 19.9 Å². The summed E-state index contributed by atoms with van der Waals surface area (Å²) in [5, 5.41) is 2.74. The summed E-state index contributed by atoms with van der Waals surface area (Å²) in [6, 6.07) is 3.68. The van der Waals surface area contributed by atoms with Crippen molar-refractivity contribution in [1.29, 1.82) is 0 Å². The number of rotatable bonds is 4. The lowest BCUT2D eigenvalue weighted by Crippen LogP contribution is -2.41. The molecule has 88 valence electrons. The molecule has 0 bridgehead atoms. The number of nitrogens with zero attached hydrogens (tertiary/aromatic N) is 1. The summed E-state index contributed by atoms with van der Waals surface area (Å²) in [6.45, 7) is 5.62. The van der Waals surface area contributed by atoms with Crippen LogP contribution in [0, 0.1) is 6.92 Å². The third kappa shape index (κ3) is 2.79. The van der Waals surface area contributed by atoms with Crippen LogP contribution in [0.15, 0.2) is 18.3 Å². The lowest BCUT2D eigenvalue weighted by Gasteiger charge is -2.24. The molecule has 0 saturated carbocycles. The molecule has 0 aliphatic rings. The SMILES string of the molecule is CCC(C)(OC)C(=O)Nc1ccc(C)cn1. The standard InChI is InChI=1S/C12H18N2O2/c1-5-12(3,16-4)11(15)14-10-7-6-9(2)8-13-10/h6-8H,5H2,1-4H3,(H,13,14,15). The van der Waals surface area contributed by atoms with E-state index in [-0.39, 0.29) is 5.91 Å². The minimum Gasteiger partial charge on any atom is -0.369 e. The second kappa shape index (κ2) is 5.07. The molecule has 0 aromatic carbocycles. The van der Waals surface area contributed by atoms with Gasteiger partial charge in [-0.3, -0.25) is 4.79 Å². The van der Waals surface area contributed by atoms with E-state index in [1.165, 1.54) is 7.11 Å². The highest BCUT2D eigenvalue weighted by Gasteiger charge is 2.31. The molecule has 1 rings (SSSR count). The largest absolute Gasteiger partial charge is 0.369 e. The van der Waals surface area contributed by atoms with Crippen LogP contribution in [0.1, 0.15) is 25.8 Å². The molecule has 1 aromatic rings. The molecule has 1 atom stereocenters. The van der Waals surface area contributed by atoms with Gasteiger partial charge in [-0.15, -0.1) is 0 Å². The van der Waals surface area contributed by atoms with Crippen LogP contribution in [0.3, 0.4) is 0 Å². The van der Waals surface area contributed by atoms with Crippen LogP contribution in [-0.4, -0.2) is 23.6 Å². The maximum Gasteiger partial charge on any atom is 0.257 e. The quantitative estimate of drug-likeness (QED) is 0.849. The lowest BCUT2D eigenvalue weighted by molar-refractivity contribution is -0.136. The monoisotopic (exact) mass is 222 g/mol. The number of ether oxygens (including phenoxy) is 1. The number of nitrogens with one attached hydrogen (secondary N) is 1. The van der Waals surface area contributed by atoms with Crippen molar-refractivity contribution in [2.75, 3.05) is 12.4 Å². The number of hydrogen-bond donors (Lipinski definition) is 1. The van der Waals surface area contributed by atoms with Gasteiger partial charge in [0.2, 0.25) is 0 Å². The molecular weight excluding hydrogens is 204 g/mol. The predicted octanol–water partition coefficient (Wildman–Crippen LogP) is 2.14. The van der Waals surface area contributed by atoms with Gasteiger partial charge in [0.05, 0.1) is 0 Å². The molecule has 1 aromatic heterocycles. The topological polar surface area (TPSA) is 51.2 Å². The summed E-state index contributed by atoms with van der Waals surface area (Å²) < 4.78 is 5.20. The van der Waals surface area contributed by atoms with Crippen molar-refractivity contribution in [3.05, 3.63) is 23.9 Å². The van der Waals surface area contributed by atoms with Gasteiger partial charge in [0.15, 0.2) is 0 Å². The summed E-state index contributed by atoms with van der Waals surface area (Å²) >= 11 is 0. The van der Waals surface area contributed by atoms with Gasteiger partial charge in [0.25, 0.3) is 5.91 Å². The Balaban J connectivity index is 2.74. The zero-order chi connectivity index (χ0) is 12.2. The van der Waals surface area contributed by atoms with Crippen molar-refractivity contribution in [3.8, 4) is 0 Å². The Morgan fingerprint density at radius 1 is 1.56 bits per heavy atom. The number of methoxy groups -OCH3 is 1. The molecule has 4 heteroatoms. The molecule has 0 aliphatic heterocycles. The van der Waals surface area contributed by atoms with Crippen LogP contribution in [0.5, 0.6) is 0 Å². The summed E-state index contributed by atoms with van der Waals surface area (Å²) in [6.07, 6.45) is 2.33. The molecule has 0 saturated heterocycles. The van der Waals surface area contributed by atoms with E-state index in [9.17, 15) is 4.79 Å². The third-order valence-corrected chi connectivity index (χ3v) is 2.76. The van der Waals surface area contributed by atoms with Crippen molar-refractivity contribution in [2.24, 2.45) is 0 Å². The van der Waals surface area contributed by atoms with Crippen molar-refractivity contribution in [1.82, 2.24) is 4.98 Å². The average Bonchev–Trinajstić information content (AvgIpc) is 2.31. The predicted molar refractivity (Wildman–Crippen MR) is 63.3 cm³/mol. The van der Waals surface area contributed by atoms with Gasteiger partial charge in [-0.1, -0.05) is 13.0 Å². The van der Waals surface area contributed by atoms with Gasteiger partial charge in [0.1, 0.15) is 11.4 Å². The first-order valence-electron chi connectivity index (χ1n) is 5.31. The van der Waals surface area contributed by atoms with Crippen molar-refractivity contribution >= 4 is 11.7 Å². The van der Waals surface area contributed by atoms with Crippen LogP contribution in [0.4, 0.5) is 5.82 Å². The highest BCUT2D eigenvalue weighted by Crippen LogP contribution is 2.16. The minimum absolute atomic E-state index is 0.172. The van der Waals surface area contributed by atoms with Gasteiger partial charge in [-0.25, -0.2) is 4.98 Å². The Labute approximate surface area is 96.0 Å². The summed E-state index contributed by atoms with van der Waals surface area (Å²) in [5.41, 5.74) is 0.259. The van der Waals surface area contributed by atoms with E-state index in [1.54, 1.807) is 19.2 Å². The number of hydrogen-bond acceptors (Lipinski definition) is 3. The second-order valence-corrected chi connectivity index (χ2v) is 3.96. The van der Waals surface area contributed by atoms with Crippen LogP contribution in [0.2, 0.25) is 0 Å². The summed E-state index contributed by atoms with van der Waals surface area (Å²) in [5.74, 6) is 0.376. The van der Waals surface area contributed by atoms with Crippen LogP contribution in [-0.2, 0) is 9.53 Å². The van der Waals surface area contributed by atoms with E-state index in [2.05, 4.69) is 10.3 Å². The maximum atomic E-state index is 11.9. The van der Waals surface area contributed by atoms with Gasteiger partial charge in [-0.2, -0.15) is 0 Å². The fourth-order valence-electron chi connectivity index (χ4n) is 1.19. The van der Waals surface area contributed by atoms with Crippen molar-refractivity contribution < 1.29 is 9.53 Å². The van der Waals surface area contributed by atoms with Crippen LogP contribution in [0.25, 0.3) is 0 Å². The Morgan fingerprint density at radius 2 is 2.25 bits per heavy atom. The highest BCUT2D eigenvalue weighted by molar-refractivity contribution is 5.96. The molecule has 0 fully saturated rings. The second-order valence-electron chi connectivity index (χ2n) is 3.96. The Hall–Kier alpha value is -1.42. The molecule has 1 unspecified atom stereocenters. The van der Waals surface area contributed by atoms with E-state index < -0.39 is 5.60 Å².